The van der Waals surface area contributed by atoms with Crippen molar-refractivity contribution in [2.75, 3.05) is 54.1 Å². The average molecular weight is 997 g/mol. The lowest BCUT2D eigenvalue weighted by molar-refractivity contribution is -0.870. The van der Waals surface area contributed by atoms with E-state index in [9.17, 15) is 28.6 Å². The number of unbranched alkanes of at least 4 members (excludes halogenated alkanes) is 18. The van der Waals surface area contributed by atoms with Crippen LogP contribution >= 0.6 is 7.82 Å². The highest BCUT2D eigenvalue weighted by Gasteiger charge is 2.50. The molecule has 0 radical (unpaired) electrons. The highest BCUT2D eigenvalue weighted by molar-refractivity contribution is 7.47. The van der Waals surface area contributed by atoms with Gasteiger partial charge in [0.15, 0.2) is 0 Å². The van der Waals surface area contributed by atoms with Crippen LogP contribution in [0.15, 0.2) is 41.2 Å². The Labute approximate surface area is 416 Å². The van der Waals surface area contributed by atoms with Crippen molar-refractivity contribution in [3.63, 3.8) is 0 Å². The van der Waals surface area contributed by atoms with Gasteiger partial charge in [0.1, 0.15) is 25.9 Å². The van der Waals surface area contributed by atoms with Crippen LogP contribution in [-0.4, -0.2) is 97.1 Å². The van der Waals surface area contributed by atoms with E-state index in [1.807, 2.05) is 51.5 Å². The van der Waals surface area contributed by atoms with Gasteiger partial charge < -0.3 is 32.9 Å². The second kappa shape index (κ2) is 28.9. The molecule has 390 valence electrons. The molecule has 1 N–H and O–H groups in total. The predicted octanol–water partition coefficient (Wildman–Crippen LogP) is 11.0. The largest absolute Gasteiger partial charge is 0.472 e. The van der Waals surface area contributed by atoms with E-state index < -0.39 is 37.4 Å². The van der Waals surface area contributed by atoms with Gasteiger partial charge in [-0.15, -0.1) is 0 Å². The number of phosphoric acid groups is 1. The molecule has 0 bridgehead atoms. The van der Waals surface area contributed by atoms with Crippen LogP contribution in [0, 0.1) is 0 Å². The summed E-state index contributed by atoms with van der Waals surface area (Å²) in [4.78, 5) is 68.8. The molecule has 0 saturated carbocycles. The van der Waals surface area contributed by atoms with Crippen molar-refractivity contribution in [2.24, 2.45) is 0 Å². The topological polar surface area (TPSA) is 179 Å². The number of rotatable bonds is 36. The number of ether oxygens (including phenoxy) is 4. The molecule has 70 heavy (non-hydrogen) atoms. The first-order chi connectivity index (χ1) is 33.7. The minimum atomic E-state index is -4.38. The Balaban J connectivity index is 1.01. The summed E-state index contributed by atoms with van der Waals surface area (Å²) in [6.07, 6.45) is 21.6. The molecular weight excluding hydrogens is 914 g/mol. The van der Waals surface area contributed by atoms with Crippen LogP contribution in [0.25, 0.3) is 22.3 Å². The monoisotopic (exact) mass is 997 g/mol. The maximum atomic E-state index is 13.9. The van der Waals surface area contributed by atoms with Crippen LogP contribution in [0.3, 0.4) is 0 Å². The summed E-state index contributed by atoms with van der Waals surface area (Å²) in [5, 5.41) is 0.966. The number of likely N-dealkylation sites (N-methyl/N-ethyl adjacent to an activating group) is 1. The number of carbonyl (C=O) groups is 3. The Morgan fingerprint density at radius 2 is 1.39 bits per heavy atom. The van der Waals surface area contributed by atoms with Gasteiger partial charge in [-0.25, -0.2) is 14.3 Å². The number of quaternary nitrogens is 1. The van der Waals surface area contributed by atoms with Crippen LogP contribution in [0.4, 0.5) is 0 Å². The van der Waals surface area contributed by atoms with E-state index in [1.165, 1.54) is 77.0 Å². The van der Waals surface area contributed by atoms with E-state index in [1.54, 1.807) is 17.6 Å². The molecule has 16 heteroatoms. The molecule has 0 saturated heterocycles. The summed E-state index contributed by atoms with van der Waals surface area (Å²) in [5.74, 6) is -1.73. The summed E-state index contributed by atoms with van der Waals surface area (Å²) in [7, 11) is 1.46. The number of carbonyl (C=O) groups excluding carboxylic acids is 3. The SMILES string of the molecule is CCCCCCCCCCCCCCCCCOC[C@@H](COP(=O)(O)OCC[N+](C)(C)C)OC(=O)CCCCCCCC(=O)O[C@]1(CC)C(=O)OCc2c1cc1n(c2=O)Cc2cc3ccccc3nc2-1. The standard InChI is InChI=1S/C54H82N3O12P/c1-6-8-9-10-11-12-13-14-15-16-17-18-19-23-28-34-64-39-44(40-67-70(62,63)66-35-33-57(3,4)5)68-49(58)31-24-21-20-22-25-32-50(59)69-54(7-2)46-37-48-51-43(36-42-29-26-27-30-47(42)55-51)38-56(48)52(60)45(46)41-65-53(54)61/h26-27,29-30,36-37,44H,6-25,28,31-35,38-41H2,1-5H3/p+1/t44-,54-/m0/s1. The molecule has 0 spiro atoms. The summed E-state index contributed by atoms with van der Waals surface area (Å²) in [6, 6.07) is 11.5. The molecule has 2 aliphatic rings. The van der Waals surface area contributed by atoms with Gasteiger partial charge in [-0.05, 0) is 43.9 Å². The molecule has 0 aliphatic carbocycles. The second-order valence-electron chi connectivity index (χ2n) is 20.2. The van der Waals surface area contributed by atoms with E-state index in [0.29, 0.717) is 72.4 Å². The third-order valence-electron chi connectivity index (χ3n) is 13.4. The van der Waals surface area contributed by atoms with Gasteiger partial charge >= 0.3 is 25.7 Å². The van der Waals surface area contributed by atoms with Crippen LogP contribution in [0.2, 0.25) is 0 Å². The first kappa shape index (κ1) is 56.9. The zero-order chi connectivity index (χ0) is 50.4. The Hall–Kier alpha value is -3.98. The number of hydrogen-bond acceptors (Lipinski definition) is 12. The quantitative estimate of drug-likeness (QED) is 0.0150. The fourth-order valence-electron chi connectivity index (χ4n) is 9.19. The van der Waals surface area contributed by atoms with Gasteiger partial charge in [0.25, 0.3) is 5.56 Å². The first-order valence-corrected chi connectivity index (χ1v) is 27.9. The smallest absolute Gasteiger partial charge is 0.457 e. The van der Waals surface area contributed by atoms with Crippen LogP contribution in [0.1, 0.15) is 178 Å². The van der Waals surface area contributed by atoms with Crippen molar-refractivity contribution in [1.29, 1.82) is 0 Å². The second-order valence-corrected chi connectivity index (χ2v) is 21.7. The highest BCUT2D eigenvalue weighted by Crippen LogP contribution is 2.44. The highest BCUT2D eigenvalue weighted by atomic mass is 31.2. The Morgan fingerprint density at radius 3 is 2.01 bits per heavy atom. The molecule has 4 heterocycles. The number of nitrogens with zero attached hydrogens (tertiary/aromatic N) is 3. The van der Waals surface area contributed by atoms with Crippen molar-refractivity contribution in [2.45, 2.75) is 186 Å². The average Bonchev–Trinajstić information content (AvgIpc) is 3.68. The van der Waals surface area contributed by atoms with E-state index >= 15 is 0 Å². The summed E-state index contributed by atoms with van der Waals surface area (Å²) in [5.41, 5.74) is 1.51. The maximum absolute atomic E-state index is 13.9. The Bertz CT molecular complexity index is 2240. The van der Waals surface area contributed by atoms with Crippen molar-refractivity contribution in [3.8, 4) is 11.4 Å². The number of esters is 3. The molecule has 0 amide bonds. The number of phosphoric ester groups is 1. The Kier molecular flexibility index (Phi) is 23.5. The molecule has 3 aromatic rings. The van der Waals surface area contributed by atoms with Crippen molar-refractivity contribution in [3.05, 3.63) is 63.4 Å². The van der Waals surface area contributed by atoms with Gasteiger partial charge in [-0.3, -0.25) is 23.4 Å². The minimum absolute atomic E-state index is 0.0252. The molecule has 0 fully saturated rings. The van der Waals surface area contributed by atoms with Crippen molar-refractivity contribution in [1.82, 2.24) is 9.55 Å². The van der Waals surface area contributed by atoms with Gasteiger partial charge in [0.05, 0.1) is 63.4 Å². The normalized spacial score (nSPS) is 16.6. The maximum Gasteiger partial charge on any atom is 0.472 e. The number of hydrogen-bond donors (Lipinski definition) is 1. The number of fused-ring (bicyclic) bond motifs is 5. The van der Waals surface area contributed by atoms with E-state index in [2.05, 4.69) is 6.92 Å². The van der Waals surface area contributed by atoms with Crippen molar-refractivity contribution >= 4 is 36.6 Å². The predicted molar refractivity (Wildman–Crippen MR) is 271 cm³/mol. The molecule has 15 nitrogen and oxygen atoms in total. The zero-order valence-corrected chi connectivity index (χ0v) is 43.9. The summed E-state index contributed by atoms with van der Waals surface area (Å²) in [6.45, 7) is 4.83. The molecular formula is C54H83N3O12P+. The van der Waals surface area contributed by atoms with Gasteiger partial charge in [0, 0.05) is 36.0 Å². The zero-order valence-electron chi connectivity index (χ0n) is 43.0. The molecule has 1 unspecified atom stereocenters. The number of benzene rings is 1. The van der Waals surface area contributed by atoms with Crippen LogP contribution < -0.4 is 5.56 Å². The number of cyclic esters (lactones) is 1. The fraction of sp³-hybridized carbons (Fsp3) is 0.685. The number of para-hydroxylation sites is 1. The van der Waals surface area contributed by atoms with Crippen LogP contribution in [0.5, 0.6) is 0 Å². The number of pyridine rings is 2. The third kappa shape index (κ3) is 17.9. The molecule has 2 aliphatic heterocycles. The van der Waals surface area contributed by atoms with Gasteiger partial charge in [-0.1, -0.05) is 141 Å². The fourth-order valence-corrected chi connectivity index (χ4v) is 9.93. The Morgan fingerprint density at radius 1 is 0.786 bits per heavy atom. The summed E-state index contributed by atoms with van der Waals surface area (Å²) < 4.78 is 48.3. The van der Waals surface area contributed by atoms with Gasteiger partial charge in [-0.2, -0.15) is 0 Å². The first-order valence-electron chi connectivity index (χ1n) is 26.4. The number of aromatic nitrogens is 2. The van der Waals surface area contributed by atoms with E-state index in [-0.39, 0.29) is 51.2 Å². The molecule has 2 aromatic heterocycles. The third-order valence-corrected chi connectivity index (χ3v) is 14.4. The van der Waals surface area contributed by atoms with Gasteiger partial charge in [0.2, 0.25) is 5.60 Å². The molecule has 3 atom stereocenters. The van der Waals surface area contributed by atoms with E-state index in [0.717, 1.165) is 42.1 Å². The van der Waals surface area contributed by atoms with E-state index in [4.69, 9.17) is 33.0 Å². The molecule has 1 aromatic carbocycles. The lowest BCUT2D eigenvalue weighted by Gasteiger charge is -2.35. The minimum Gasteiger partial charge on any atom is -0.457 e. The van der Waals surface area contributed by atoms with Crippen molar-refractivity contribution < 1.29 is 56.3 Å². The van der Waals surface area contributed by atoms with Crippen LogP contribution in [-0.2, 0) is 65.7 Å². The summed E-state index contributed by atoms with van der Waals surface area (Å²) >= 11 is 0. The lowest BCUT2D eigenvalue weighted by atomic mass is 9.85. The molecule has 5 rings (SSSR count). The lowest BCUT2D eigenvalue weighted by Crippen LogP contribution is -2.47.